The van der Waals surface area contributed by atoms with Gasteiger partial charge in [-0.3, -0.25) is 14.6 Å². The van der Waals surface area contributed by atoms with Gasteiger partial charge in [0.15, 0.2) is 5.82 Å². The lowest BCUT2D eigenvalue weighted by molar-refractivity contribution is 0.0951. The van der Waals surface area contributed by atoms with E-state index in [2.05, 4.69) is 20.2 Å². The summed E-state index contributed by atoms with van der Waals surface area (Å²) < 4.78 is 54.0. The highest BCUT2D eigenvalue weighted by atomic mass is 32.2. The Bertz CT molecular complexity index is 1740. The minimum Gasteiger partial charge on any atom is -0.422 e. The number of benzene rings is 2. The number of ether oxygens (including phenoxy) is 1. The molecule has 4 aromatic rings. The molecule has 13 nitrogen and oxygen atoms in total. The molecule has 2 amide bonds. The second-order valence-corrected chi connectivity index (χ2v) is 10.3. The summed E-state index contributed by atoms with van der Waals surface area (Å²) in [7, 11) is 0.183. The van der Waals surface area contributed by atoms with Gasteiger partial charge in [-0.05, 0) is 29.3 Å². The standard InChI is InChI=1S/C25H25FN6O7S/c1-27-40(36,37)31-20-6-4-5-14(22(20)26)9-18-19(13-28-23(33)15-11-29-30-12-15)17-8-7-16(38-25(35)32(2)3)10-21(17)39-24(18)34/h4-8,10-12,27,31H,9,13H2,1-3H3,(H,28,33)(H,29,30). The lowest BCUT2D eigenvalue weighted by Crippen LogP contribution is -2.27. The molecule has 4 rings (SSSR count). The minimum atomic E-state index is -4.00. The van der Waals surface area contributed by atoms with E-state index in [9.17, 15) is 22.8 Å². The quantitative estimate of drug-likeness (QED) is 0.221. The van der Waals surface area contributed by atoms with E-state index in [-0.39, 0.29) is 46.7 Å². The normalized spacial score (nSPS) is 11.3. The Hall–Kier alpha value is -4.76. The van der Waals surface area contributed by atoms with E-state index in [0.717, 1.165) is 0 Å². The van der Waals surface area contributed by atoms with Gasteiger partial charge in [-0.25, -0.2) is 18.7 Å². The van der Waals surface area contributed by atoms with Crippen LogP contribution in [0.3, 0.4) is 0 Å². The van der Waals surface area contributed by atoms with E-state index in [1.807, 2.05) is 4.72 Å². The Morgan fingerprint density at radius 3 is 2.62 bits per heavy atom. The van der Waals surface area contributed by atoms with Crippen molar-refractivity contribution in [2.24, 2.45) is 0 Å². The van der Waals surface area contributed by atoms with Crippen LogP contribution >= 0.6 is 0 Å². The van der Waals surface area contributed by atoms with Gasteiger partial charge in [-0.1, -0.05) is 12.1 Å². The number of halogens is 1. The van der Waals surface area contributed by atoms with Crippen molar-refractivity contribution < 1.29 is 31.6 Å². The van der Waals surface area contributed by atoms with Crippen LogP contribution < -0.4 is 25.1 Å². The largest absolute Gasteiger partial charge is 0.422 e. The number of amides is 2. The molecule has 0 aliphatic rings. The molecule has 0 saturated carbocycles. The van der Waals surface area contributed by atoms with Crippen LogP contribution in [0.25, 0.3) is 11.0 Å². The SMILES string of the molecule is CNS(=O)(=O)Nc1cccc(Cc2c(CNC(=O)c3cn[nH]c3)c3ccc(OC(=O)N(C)C)cc3oc2=O)c1F. The predicted octanol–water partition coefficient (Wildman–Crippen LogP) is 2.11. The number of rotatable bonds is 9. The highest BCUT2D eigenvalue weighted by molar-refractivity contribution is 7.90. The molecule has 0 saturated heterocycles. The number of anilines is 1. The summed E-state index contributed by atoms with van der Waals surface area (Å²) in [6, 6.07) is 8.46. The van der Waals surface area contributed by atoms with Gasteiger partial charge in [0.25, 0.3) is 16.1 Å². The van der Waals surface area contributed by atoms with Crippen molar-refractivity contribution in [1.82, 2.24) is 25.1 Å². The van der Waals surface area contributed by atoms with Crippen LogP contribution in [0.5, 0.6) is 5.75 Å². The molecule has 4 N–H and O–H groups in total. The summed E-state index contributed by atoms with van der Waals surface area (Å²) in [6.45, 7) is -0.147. The first-order valence-electron chi connectivity index (χ1n) is 11.7. The molecule has 0 unspecified atom stereocenters. The number of nitrogens with zero attached hydrogens (tertiary/aromatic N) is 2. The summed E-state index contributed by atoms with van der Waals surface area (Å²) in [4.78, 5) is 39.0. The zero-order valence-corrected chi connectivity index (χ0v) is 22.4. The number of hydrogen-bond acceptors (Lipinski definition) is 8. The third-order valence-electron chi connectivity index (χ3n) is 5.81. The van der Waals surface area contributed by atoms with Crippen molar-refractivity contribution in [2.75, 3.05) is 25.9 Å². The molecule has 0 bridgehead atoms. The lowest BCUT2D eigenvalue weighted by Gasteiger charge is -2.15. The molecule has 2 heterocycles. The monoisotopic (exact) mass is 572 g/mol. The van der Waals surface area contributed by atoms with E-state index in [1.54, 1.807) is 6.07 Å². The second kappa shape index (κ2) is 11.5. The molecule has 15 heteroatoms. The summed E-state index contributed by atoms with van der Waals surface area (Å²) in [6.07, 6.45) is 1.79. The molecule has 0 fully saturated rings. The van der Waals surface area contributed by atoms with Crippen molar-refractivity contribution in [3.8, 4) is 5.75 Å². The van der Waals surface area contributed by atoms with Gasteiger partial charge in [0.1, 0.15) is 11.3 Å². The molecule has 0 atom stereocenters. The molecule has 210 valence electrons. The van der Waals surface area contributed by atoms with Crippen molar-refractivity contribution in [3.63, 3.8) is 0 Å². The second-order valence-electron chi connectivity index (χ2n) is 8.70. The van der Waals surface area contributed by atoms with Crippen LogP contribution in [-0.2, 0) is 23.2 Å². The first kappa shape index (κ1) is 28.3. The number of hydrogen-bond donors (Lipinski definition) is 4. The first-order valence-corrected chi connectivity index (χ1v) is 13.2. The van der Waals surface area contributed by atoms with Gasteiger partial charge in [-0.15, -0.1) is 0 Å². The van der Waals surface area contributed by atoms with Crippen LogP contribution in [0.15, 0.2) is 58.0 Å². The molecule has 2 aromatic heterocycles. The van der Waals surface area contributed by atoms with Gasteiger partial charge < -0.3 is 19.4 Å². The maximum atomic E-state index is 15.3. The van der Waals surface area contributed by atoms with Gasteiger partial charge in [0.2, 0.25) is 0 Å². The molecule has 0 spiro atoms. The van der Waals surface area contributed by atoms with Crippen molar-refractivity contribution >= 4 is 38.9 Å². The zero-order chi connectivity index (χ0) is 29.0. The Morgan fingerprint density at radius 2 is 1.95 bits per heavy atom. The van der Waals surface area contributed by atoms with E-state index >= 15 is 4.39 Å². The van der Waals surface area contributed by atoms with Crippen LogP contribution in [0, 0.1) is 5.82 Å². The molecular formula is C25H25FN6O7S. The Morgan fingerprint density at radius 1 is 1.18 bits per heavy atom. The average molecular weight is 573 g/mol. The fraction of sp³-hybridized carbons (Fsp3) is 0.200. The fourth-order valence-electron chi connectivity index (χ4n) is 3.75. The van der Waals surface area contributed by atoms with Crippen LogP contribution in [-0.4, -0.2) is 56.7 Å². The number of carbonyl (C=O) groups excluding carboxylic acids is 2. The first-order chi connectivity index (χ1) is 19.0. The van der Waals surface area contributed by atoms with E-state index in [1.165, 1.54) is 68.8 Å². The Labute approximate surface area is 227 Å². The number of aromatic amines is 1. The van der Waals surface area contributed by atoms with Gasteiger partial charge in [0.05, 0.1) is 17.4 Å². The van der Waals surface area contributed by atoms with Gasteiger partial charge in [-0.2, -0.15) is 13.5 Å². The Balaban J connectivity index is 1.78. The number of nitrogens with one attached hydrogen (secondary N) is 4. The summed E-state index contributed by atoms with van der Waals surface area (Å²) >= 11 is 0. The molecule has 0 aliphatic heterocycles. The Kier molecular flexibility index (Phi) is 8.16. The third-order valence-corrected chi connectivity index (χ3v) is 6.83. The fourth-order valence-corrected chi connectivity index (χ4v) is 4.30. The maximum Gasteiger partial charge on any atom is 0.414 e. The predicted molar refractivity (Wildman–Crippen MR) is 143 cm³/mol. The minimum absolute atomic E-state index is 0.00176. The molecule has 0 aliphatic carbocycles. The van der Waals surface area contributed by atoms with Gasteiger partial charge in [0, 0.05) is 57.3 Å². The van der Waals surface area contributed by atoms with Crippen LogP contribution in [0.2, 0.25) is 0 Å². The molecule has 40 heavy (non-hydrogen) atoms. The van der Waals surface area contributed by atoms with Gasteiger partial charge >= 0.3 is 11.7 Å². The van der Waals surface area contributed by atoms with Crippen molar-refractivity contribution in [1.29, 1.82) is 0 Å². The van der Waals surface area contributed by atoms with Crippen LogP contribution in [0.1, 0.15) is 27.0 Å². The number of carbonyl (C=O) groups is 2. The highest BCUT2D eigenvalue weighted by Crippen LogP contribution is 2.28. The topological polar surface area (TPSA) is 176 Å². The molecular weight excluding hydrogens is 547 g/mol. The smallest absolute Gasteiger partial charge is 0.414 e. The number of aromatic nitrogens is 2. The highest BCUT2D eigenvalue weighted by Gasteiger charge is 2.21. The molecule has 0 radical (unpaired) electrons. The summed E-state index contributed by atoms with van der Waals surface area (Å²) in [5.74, 6) is -1.25. The van der Waals surface area contributed by atoms with Crippen molar-refractivity contribution in [2.45, 2.75) is 13.0 Å². The van der Waals surface area contributed by atoms with E-state index in [0.29, 0.717) is 10.9 Å². The number of fused-ring (bicyclic) bond motifs is 1. The van der Waals surface area contributed by atoms with E-state index < -0.39 is 33.7 Å². The van der Waals surface area contributed by atoms with Crippen molar-refractivity contribution in [3.05, 3.63) is 87.3 Å². The molecule has 2 aromatic carbocycles. The van der Waals surface area contributed by atoms with Crippen LogP contribution in [0.4, 0.5) is 14.9 Å². The number of H-pyrrole nitrogens is 1. The average Bonchev–Trinajstić information content (AvgIpc) is 3.45. The summed E-state index contributed by atoms with van der Waals surface area (Å²) in [5, 5.41) is 9.39. The third kappa shape index (κ3) is 6.27. The summed E-state index contributed by atoms with van der Waals surface area (Å²) in [5.41, 5.74) is -0.457. The zero-order valence-electron chi connectivity index (χ0n) is 21.6. The lowest BCUT2D eigenvalue weighted by atomic mass is 9.97. The maximum absolute atomic E-state index is 15.3. The van der Waals surface area contributed by atoms with E-state index in [4.69, 9.17) is 9.15 Å².